The average Bonchev–Trinajstić information content (AvgIpc) is 2.95. The second-order valence-electron chi connectivity index (χ2n) is 14.2. The molecule has 0 spiro atoms. The summed E-state index contributed by atoms with van der Waals surface area (Å²) in [6.45, 7) is 5.11. The molecule has 0 radical (unpaired) electrons. The Morgan fingerprint density at radius 3 is 1.02 bits per heavy atom. The maximum Gasteiger partial charge on any atom is 0.132 e. The molecule has 0 heterocycles. The average molecular weight is 644 g/mol. The van der Waals surface area contributed by atoms with Gasteiger partial charge >= 0.3 is 0 Å². The van der Waals surface area contributed by atoms with E-state index in [0.717, 1.165) is 25.7 Å². The summed E-state index contributed by atoms with van der Waals surface area (Å²) in [6.07, 6.45) is 34.5. The van der Waals surface area contributed by atoms with Gasteiger partial charge in [-0.15, -0.1) is 7.61 Å². The van der Waals surface area contributed by atoms with E-state index < -0.39 is 13.5 Å². The molecule has 0 amide bonds. The van der Waals surface area contributed by atoms with Gasteiger partial charge in [-0.2, -0.15) is 0 Å². The summed E-state index contributed by atoms with van der Waals surface area (Å²) in [5.41, 5.74) is 0.250. The van der Waals surface area contributed by atoms with Gasteiger partial charge in [0.2, 0.25) is 0 Å². The van der Waals surface area contributed by atoms with Crippen molar-refractivity contribution in [3.63, 3.8) is 0 Å². The Balaban J connectivity index is 4.20. The predicted molar refractivity (Wildman–Crippen MR) is 193 cm³/mol. The molecule has 0 aliphatic carbocycles. The van der Waals surface area contributed by atoms with Crippen LogP contribution in [-0.4, -0.2) is 54.2 Å². The van der Waals surface area contributed by atoms with Crippen LogP contribution in [0.3, 0.4) is 0 Å². The number of carbonyl (C=O) groups excluding carboxylic acids is 2. The Labute approximate surface area is 272 Å². The second kappa shape index (κ2) is 30.8. The lowest BCUT2D eigenvalue weighted by atomic mass is 10.0. The molecule has 0 fully saturated rings. The van der Waals surface area contributed by atoms with Crippen LogP contribution in [0.15, 0.2) is 0 Å². The van der Waals surface area contributed by atoms with E-state index in [0.29, 0.717) is 32.1 Å². The topological polar surface area (TPSA) is 54.4 Å². The van der Waals surface area contributed by atoms with Crippen LogP contribution in [0, 0.1) is 0 Å². The second-order valence-corrected chi connectivity index (χ2v) is 18.5. The van der Waals surface area contributed by atoms with Crippen LogP contribution in [0.2, 0.25) is 0 Å². The lowest BCUT2D eigenvalue weighted by molar-refractivity contribution is -0.871. The molecule has 256 valence electrons. The lowest BCUT2D eigenvalue weighted by Crippen LogP contribution is -2.40. The third-order valence-corrected chi connectivity index (χ3v) is 13.3. The standard InChI is InChI=1S/C37H75NO3P2/c1-6-8-10-12-14-16-18-20-22-24-26-28-30-32-36(40)43(42-35(39)34-38(3,4)5)37(41)33-31-29-27-25-23-21-19-17-15-13-11-9-7-2/h35,39H,6-34H2,1-5H3. The summed E-state index contributed by atoms with van der Waals surface area (Å²) >= 11 is 0. The molecule has 4 nitrogen and oxygen atoms in total. The van der Waals surface area contributed by atoms with E-state index in [1.165, 1.54) is 141 Å². The highest BCUT2D eigenvalue weighted by atomic mass is 32.0. The van der Waals surface area contributed by atoms with E-state index in [-0.39, 0.29) is 11.0 Å². The Kier molecular flexibility index (Phi) is 30.8. The molecule has 0 aliphatic heterocycles. The SMILES string of the molecule is CCCCCCCCCCCCCCCC(=O)P([P-]C(O)C[N+](C)(C)C)C(=O)CCCCCCCCCCCCCCC. The minimum Gasteiger partial charge on any atom is -0.454 e. The third-order valence-electron chi connectivity index (χ3n) is 8.42. The van der Waals surface area contributed by atoms with Gasteiger partial charge in [0.15, 0.2) is 0 Å². The molecule has 0 saturated carbocycles. The van der Waals surface area contributed by atoms with Crippen LogP contribution in [0.4, 0.5) is 0 Å². The monoisotopic (exact) mass is 644 g/mol. The molecular formula is C37H75NO3P2. The molecule has 0 aromatic rings. The van der Waals surface area contributed by atoms with E-state index in [1.54, 1.807) is 0 Å². The van der Waals surface area contributed by atoms with E-state index in [1.807, 2.05) is 21.1 Å². The third kappa shape index (κ3) is 30.5. The van der Waals surface area contributed by atoms with Crippen LogP contribution < -0.4 is 0 Å². The number of hydrogen-bond donors (Lipinski definition) is 1. The molecule has 0 aromatic heterocycles. The van der Waals surface area contributed by atoms with Crippen LogP contribution in [0.5, 0.6) is 0 Å². The molecule has 1 N–H and O–H groups in total. The van der Waals surface area contributed by atoms with Gasteiger partial charge in [0.05, 0.1) is 27.7 Å². The summed E-state index contributed by atoms with van der Waals surface area (Å²) in [6, 6.07) is 0. The first-order chi connectivity index (χ1) is 20.7. The number of unbranched alkanes of at least 4 members (excludes halogenated alkanes) is 24. The van der Waals surface area contributed by atoms with Gasteiger partial charge in [-0.25, -0.2) is 0 Å². The van der Waals surface area contributed by atoms with Crippen LogP contribution >= 0.6 is 15.9 Å². The number of nitrogens with zero attached hydrogens (tertiary/aromatic N) is 1. The number of carbonyl (C=O) groups is 2. The first-order valence-corrected chi connectivity index (χ1v) is 21.8. The predicted octanol–water partition coefficient (Wildman–Crippen LogP) is 12.4. The van der Waals surface area contributed by atoms with Crippen molar-refractivity contribution < 1.29 is 19.2 Å². The zero-order valence-electron chi connectivity index (χ0n) is 29.7. The fraction of sp³-hybridized carbons (Fsp3) is 0.946. The quantitative estimate of drug-likeness (QED) is 0.0431. The van der Waals surface area contributed by atoms with Gasteiger partial charge in [0, 0.05) is 12.8 Å². The highest BCUT2D eigenvalue weighted by Gasteiger charge is 2.19. The highest BCUT2D eigenvalue weighted by molar-refractivity contribution is 8.36. The van der Waals surface area contributed by atoms with E-state index in [4.69, 9.17) is 0 Å². The maximum absolute atomic E-state index is 13.2. The highest BCUT2D eigenvalue weighted by Crippen LogP contribution is 2.60. The van der Waals surface area contributed by atoms with Gasteiger partial charge in [-0.1, -0.05) is 168 Å². The molecule has 0 saturated heterocycles. The molecule has 0 bridgehead atoms. The van der Waals surface area contributed by atoms with E-state index in [2.05, 4.69) is 13.8 Å². The first kappa shape index (κ1) is 43.1. The number of aliphatic hydroxyl groups excluding tert-OH is 1. The molecule has 1 unspecified atom stereocenters. The van der Waals surface area contributed by atoms with E-state index in [9.17, 15) is 14.7 Å². The fourth-order valence-corrected chi connectivity index (χ4v) is 10.2. The zero-order chi connectivity index (χ0) is 32.0. The number of quaternary nitrogens is 1. The first-order valence-electron chi connectivity index (χ1n) is 18.8. The zero-order valence-corrected chi connectivity index (χ0v) is 31.5. The van der Waals surface area contributed by atoms with Crippen LogP contribution in [0.1, 0.15) is 194 Å². The number of aliphatic hydroxyl groups is 1. The Bertz CT molecular complexity index is 596. The van der Waals surface area contributed by atoms with Crippen LogP contribution in [-0.2, 0) is 9.59 Å². The molecule has 1 atom stereocenters. The van der Waals surface area contributed by atoms with Gasteiger partial charge in [0.1, 0.15) is 11.0 Å². The molecular weight excluding hydrogens is 568 g/mol. The number of hydrogen-bond acceptors (Lipinski definition) is 3. The summed E-state index contributed by atoms with van der Waals surface area (Å²) in [5.74, 6) is -0.614. The Hall–Kier alpha value is 0.120. The molecule has 43 heavy (non-hydrogen) atoms. The van der Waals surface area contributed by atoms with Crippen molar-refractivity contribution in [2.45, 2.75) is 199 Å². The molecule has 0 aromatic carbocycles. The van der Waals surface area contributed by atoms with Gasteiger partial charge in [0.25, 0.3) is 0 Å². The van der Waals surface area contributed by atoms with Gasteiger partial charge in [-0.3, -0.25) is 9.59 Å². The van der Waals surface area contributed by atoms with Crippen molar-refractivity contribution in [1.29, 1.82) is 0 Å². The van der Waals surface area contributed by atoms with Crippen molar-refractivity contribution in [2.75, 3.05) is 27.7 Å². The largest absolute Gasteiger partial charge is 0.454 e. The van der Waals surface area contributed by atoms with Gasteiger partial charge in [-0.05, 0) is 18.7 Å². The lowest BCUT2D eigenvalue weighted by Gasteiger charge is -2.37. The Morgan fingerprint density at radius 1 is 0.512 bits per heavy atom. The Morgan fingerprint density at radius 2 is 0.767 bits per heavy atom. The van der Waals surface area contributed by atoms with Crippen molar-refractivity contribution in [3.8, 4) is 0 Å². The minimum absolute atomic E-state index is 0.125. The molecule has 0 aliphatic rings. The molecule has 6 heteroatoms. The number of rotatable bonds is 34. The fourth-order valence-electron chi connectivity index (χ4n) is 5.73. The van der Waals surface area contributed by atoms with Crippen LogP contribution in [0.25, 0.3) is 0 Å². The van der Waals surface area contributed by atoms with Crippen molar-refractivity contribution in [1.82, 2.24) is 0 Å². The smallest absolute Gasteiger partial charge is 0.132 e. The summed E-state index contributed by atoms with van der Waals surface area (Å²) < 4.78 is 0.636. The minimum atomic E-state index is -1.42. The van der Waals surface area contributed by atoms with Crippen molar-refractivity contribution >= 4 is 26.9 Å². The van der Waals surface area contributed by atoms with Crippen molar-refractivity contribution in [3.05, 3.63) is 0 Å². The summed E-state index contributed by atoms with van der Waals surface area (Å²) in [5, 5.41) is 10.7. The number of likely N-dealkylation sites (N-methyl/N-ethyl adjacent to an activating group) is 1. The normalized spacial score (nSPS) is 13.0. The van der Waals surface area contributed by atoms with E-state index >= 15 is 0 Å². The van der Waals surface area contributed by atoms with Crippen molar-refractivity contribution in [2.24, 2.45) is 0 Å². The molecule has 0 rings (SSSR count). The maximum atomic E-state index is 13.2. The summed E-state index contributed by atoms with van der Waals surface area (Å²) in [4.78, 5) is 26.4. The summed E-state index contributed by atoms with van der Waals surface area (Å²) in [7, 11) is 5.38. The van der Waals surface area contributed by atoms with Gasteiger partial charge < -0.3 is 17.9 Å².